The van der Waals surface area contributed by atoms with Gasteiger partial charge < -0.3 is 15.5 Å². The van der Waals surface area contributed by atoms with Gasteiger partial charge in [0.2, 0.25) is 5.79 Å². The lowest BCUT2D eigenvalue weighted by Gasteiger charge is -2.36. The number of hydrogen-bond donors (Lipinski definition) is 4. The monoisotopic (exact) mass is 442 g/mol. The number of nitrogens with two attached hydrogens (primary N) is 1. The first-order chi connectivity index (χ1) is 15.4. The first kappa shape index (κ1) is 20.6. The van der Waals surface area contributed by atoms with Crippen molar-refractivity contribution in [1.29, 1.82) is 0 Å². The first-order valence-electron chi connectivity index (χ1n) is 10.5. The number of H-pyrrole nitrogens is 1. The van der Waals surface area contributed by atoms with Gasteiger partial charge in [-0.25, -0.2) is 18.8 Å². The van der Waals surface area contributed by atoms with Crippen LogP contribution in [0.5, 0.6) is 0 Å². The number of anilines is 1. The summed E-state index contributed by atoms with van der Waals surface area (Å²) in [6, 6.07) is 5.40. The van der Waals surface area contributed by atoms with Crippen molar-refractivity contribution in [2.45, 2.75) is 38.0 Å². The number of rotatable bonds is 4. The van der Waals surface area contributed by atoms with Crippen LogP contribution in [0.3, 0.4) is 0 Å². The Hall–Kier alpha value is -3.31. The highest BCUT2D eigenvalue weighted by molar-refractivity contribution is 6.28. The molecule has 0 saturated carbocycles. The number of hydrazine groups is 1. The predicted octanol–water partition coefficient (Wildman–Crippen LogP) is 1.96. The second-order valence-corrected chi connectivity index (χ2v) is 8.15. The highest BCUT2D eigenvalue weighted by atomic mass is 19.1. The number of fused-ring (bicyclic) bond motifs is 1. The molecule has 1 saturated heterocycles. The summed E-state index contributed by atoms with van der Waals surface area (Å²) in [4.78, 5) is 9.34. The predicted molar refractivity (Wildman–Crippen MR) is 116 cm³/mol. The molecule has 1 fully saturated rings. The van der Waals surface area contributed by atoms with Crippen LogP contribution in [0.15, 0.2) is 46.0 Å². The molecule has 9 nitrogen and oxygen atoms in total. The molecule has 1 atom stereocenters. The van der Waals surface area contributed by atoms with E-state index in [9.17, 15) is 8.78 Å². The van der Waals surface area contributed by atoms with E-state index in [1.165, 1.54) is 12.1 Å². The molecule has 0 aliphatic carbocycles. The summed E-state index contributed by atoms with van der Waals surface area (Å²) in [5, 5.41) is 12.2. The Morgan fingerprint density at radius 3 is 2.78 bits per heavy atom. The topological polar surface area (TPSA) is 116 Å². The molecule has 5 rings (SSSR count). The Bertz CT molecular complexity index is 1120. The molecular formula is C21H24F2N8O. The zero-order valence-electron chi connectivity index (χ0n) is 17.5. The maximum Gasteiger partial charge on any atom is 0.210 e. The van der Waals surface area contributed by atoms with Crippen LogP contribution in [0.4, 0.5) is 14.6 Å². The zero-order valence-corrected chi connectivity index (χ0v) is 17.5. The van der Waals surface area contributed by atoms with Crippen LogP contribution in [0, 0.1) is 18.6 Å². The van der Waals surface area contributed by atoms with Gasteiger partial charge in [0.05, 0.1) is 11.6 Å². The minimum absolute atomic E-state index is 0.0394. The number of halogens is 2. The maximum atomic E-state index is 14.4. The molecule has 1 aromatic carbocycles. The van der Waals surface area contributed by atoms with Gasteiger partial charge in [-0.1, -0.05) is 6.07 Å². The molecule has 0 spiro atoms. The van der Waals surface area contributed by atoms with Crippen LogP contribution in [-0.2, 0) is 11.2 Å². The van der Waals surface area contributed by atoms with Gasteiger partial charge in [-0.05, 0) is 31.4 Å². The summed E-state index contributed by atoms with van der Waals surface area (Å²) < 4.78 is 33.3. The summed E-state index contributed by atoms with van der Waals surface area (Å²) >= 11 is 0. The molecule has 0 bridgehead atoms. The number of ether oxygens (including phenoxy) is 1. The number of aliphatic imine (C=N–C) groups is 2. The summed E-state index contributed by atoms with van der Waals surface area (Å²) in [5.74, 6) is -1.17. The van der Waals surface area contributed by atoms with Gasteiger partial charge in [-0.3, -0.25) is 15.8 Å². The third-order valence-electron chi connectivity index (χ3n) is 5.65. The van der Waals surface area contributed by atoms with Gasteiger partial charge in [0.25, 0.3) is 0 Å². The first-order valence-corrected chi connectivity index (χ1v) is 10.5. The average Bonchev–Trinajstić information content (AvgIpc) is 3.36. The fraction of sp³-hybridized carbons (Fsp3) is 0.381. The van der Waals surface area contributed by atoms with Crippen molar-refractivity contribution in [3.8, 4) is 0 Å². The molecule has 168 valence electrons. The second kappa shape index (κ2) is 7.99. The molecule has 11 heteroatoms. The van der Waals surface area contributed by atoms with E-state index in [1.807, 2.05) is 24.2 Å². The number of amidine groups is 2. The van der Waals surface area contributed by atoms with E-state index in [2.05, 4.69) is 25.9 Å². The van der Waals surface area contributed by atoms with Crippen molar-refractivity contribution in [3.63, 3.8) is 0 Å². The second-order valence-electron chi connectivity index (χ2n) is 8.15. The Morgan fingerprint density at radius 1 is 1.25 bits per heavy atom. The summed E-state index contributed by atoms with van der Waals surface area (Å²) in [6.07, 6.45) is 3.44. The molecule has 4 heterocycles. The quantitative estimate of drug-likeness (QED) is 0.575. The van der Waals surface area contributed by atoms with Gasteiger partial charge in [0, 0.05) is 43.7 Å². The smallest absolute Gasteiger partial charge is 0.210 e. The van der Waals surface area contributed by atoms with Crippen molar-refractivity contribution < 1.29 is 13.5 Å². The Kier molecular flexibility index (Phi) is 5.14. The van der Waals surface area contributed by atoms with E-state index in [0.29, 0.717) is 30.7 Å². The zero-order chi connectivity index (χ0) is 22.3. The number of nitrogens with one attached hydrogen (secondary N) is 3. The SMILES string of the molecule is Cc1cc(NC2=NC(N)(Cc3ccc(F)cc3F)N=C3C2=CNN3C2CCOCC2)n[nH]1. The largest absolute Gasteiger partial charge is 0.381 e. The number of benzene rings is 1. The molecule has 5 N–H and O–H groups in total. The highest BCUT2D eigenvalue weighted by Gasteiger charge is 2.40. The van der Waals surface area contributed by atoms with Crippen molar-refractivity contribution in [2.75, 3.05) is 18.5 Å². The third kappa shape index (κ3) is 3.96. The molecule has 1 unspecified atom stereocenters. The summed E-state index contributed by atoms with van der Waals surface area (Å²) in [6.45, 7) is 3.21. The number of nitrogens with zero attached hydrogens (tertiary/aromatic N) is 4. The van der Waals surface area contributed by atoms with Crippen LogP contribution in [0.1, 0.15) is 24.1 Å². The van der Waals surface area contributed by atoms with E-state index in [0.717, 1.165) is 30.2 Å². The minimum atomic E-state index is -1.49. The number of aryl methyl sites for hydroxylation is 1. The Balaban J connectivity index is 1.51. The van der Waals surface area contributed by atoms with Crippen molar-refractivity contribution >= 4 is 17.5 Å². The third-order valence-corrected chi connectivity index (χ3v) is 5.65. The van der Waals surface area contributed by atoms with E-state index < -0.39 is 17.4 Å². The molecule has 32 heavy (non-hydrogen) atoms. The van der Waals surface area contributed by atoms with Gasteiger partial charge in [0.15, 0.2) is 11.7 Å². The van der Waals surface area contributed by atoms with Crippen LogP contribution >= 0.6 is 0 Å². The van der Waals surface area contributed by atoms with Crippen molar-refractivity contribution in [1.82, 2.24) is 20.6 Å². The molecule has 1 aromatic heterocycles. The van der Waals surface area contributed by atoms with E-state index in [4.69, 9.17) is 15.5 Å². The van der Waals surface area contributed by atoms with Crippen LogP contribution in [0.2, 0.25) is 0 Å². The number of aromatic amines is 1. The van der Waals surface area contributed by atoms with Gasteiger partial charge >= 0.3 is 0 Å². The maximum absolute atomic E-state index is 14.4. The lowest BCUT2D eigenvalue weighted by molar-refractivity contribution is 0.0486. The van der Waals surface area contributed by atoms with Crippen molar-refractivity contribution in [3.05, 3.63) is 58.9 Å². The van der Waals surface area contributed by atoms with Crippen LogP contribution in [-0.4, -0.2) is 51.9 Å². The van der Waals surface area contributed by atoms with Gasteiger partial charge in [0.1, 0.15) is 17.5 Å². The fourth-order valence-corrected chi connectivity index (χ4v) is 4.08. The Labute approximate surface area is 183 Å². The average molecular weight is 442 g/mol. The van der Waals surface area contributed by atoms with Crippen molar-refractivity contribution in [2.24, 2.45) is 15.7 Å². The molecule has 3 aliphatic heterocycles. The van der Waals surface area contributed by atoms with E-state index >= 15 is 0 Å². The van der Waals surface area contributed by atoms with E-state index in [-0.39, 0.29) is 18.0 Å². The summed E-state index contributed by atoms with van der Waals surface area (Å²) in [5.41, 5.74) is 11.7. The summed E-state index contributed by atoms with van der Waals surface area (Å²) in [7, 11) is 0. The molecule has 0 amide bonds. The standard InChI is InChI=1S/C21H24F2N8O/c1-12-8-18(30-29-12)26-19-16-11-25-31(15-4-6-32-7-5-15)20(16)28-21(24,27-19)10-13-2-3-14(22)9-17(13)23/h2-3,8-9,11,15,25H,4-7,10,24H2,1H3,(H2,26,27,29,30). The molecular weight excluding hydrogens is 418 g/mol. The lowest BCUT2D eigenvalue weighted by atomic mass is 10.0. The van der Waals surface area contributed by atoms with Crippen LogP contribution < -0.4 is 16.5 Å². The molecule has 3 aliphatic rings. The van der Waals surface area contributed by atoms with E-state index in [1.54, 1.807) is 0 Å². The fourth-order valence-electron chi connectivity index (χ4n) is 4.08. The van der Waals surface area contributed by atoms with Gasteiger partial charge in [-0.15, -0.1) is 0 Å². The van der Waals surface area contributed by atoms with Gasteiger partial charge in [-0.2, -0.15) is 5.10 Å². The molecule has 2 aromatic rings. The number of aromatic nitrogens is 2. The van der Waals surface area contributed by atoms with Crippen LogP contribution in [0.25, 0.3) is 0 Å². The lowest BCUT2D eigenvalue weighted by Crippen LogP contribution is -2.52. The number of hydrogen-bond acceptors (Lipinski definition) is 8. The Morgan fingerprint density at radius 2 is 2.06 bits per heavy atom. The minimum Gasteiger partial charge on any atom is -0.381 e. The normalized spacial score (nSPS) is 23.2. The highest BCUT2D eigenvalue weighted by Crippen LogP contribution is 2.29. The molecule has 0 radical (unpaired) electrons.